The number of piperazine rings is 1. The molecule has 0 spiro atoms. The molecule has 2 saturated heterocycles. The molecule has 4 rings (SSSR count). The number of benzene rings is 1. The SMILES string of the molecule is O=C(c1ccc(N2CCN(c3ccc(F)cc3)CC2)nc1)N1CCOCC1. The molecule has 0 unspecified atom stereocenters. The first kappa shape index (κ1) is 17.7. The standard InChI is InChI=1S/C20H23FN4O2/c21-17-2-4-18(5-3-17)23-7-9-24(10-8-23)19-6-1-16(15-22-19)20(26)25-11-13-27-14-12-25/h1-6,15H,7-14H2. The smallest absolute Gasteiger partial charge is 0.255 e. The second-order valence-electron chi connectivity index (χ2n) is 6.76. The molecule has 1 aromatic heterocycles. The highest BCUT2D eigenvalue weighted by atomic mass is 19.1. The quantitative estimate of drug-likeness (QED) is 0.827. The van der Waals surface area contributed by atoms with E-state index in [-0.39, 0.29) is 11.7 Å². The van der Waals surface area contributed by atoms with Gasteiger partial charge in [-0.25, -0.2) is 9.37 Å². The Hall–Kier alpha value is -2.67. The minimum Gasteiger partial charge on any atom is -0.378 e. The second kappa shape index (κ2) is 7.92. The average molecular weight is 370 g/mol. The zero-order valence-corrected chi connectivity index (χ0v) is 15.2. The molecule has 6 nitrogen and oxygen atoms in total. The van der Waals surface area contributed by atoms with Gasteiger partial charge in [-0.3, -0.25) is 4.79 Å². The van der Waals surface area contributed by atoms with Crippen LogP contribution in [0.25, 0.3) is 0 Å². The fourth-order valence-electron chi connectivity index (χ4n) is 3.49. The van der Waals surface area contributed by atoms with Crippen LogP contribution in [-0.4, -0.2) is 68.3 Å². The maximum absolute atomic E-state index is 13.1. The molecular formula is C20H23FN4O2. The van der Waals surface area contributed by atoms with Crippen molar-refractivity contribution in [3.8, 4) is 0 Å². The molecule has 0 saturated carbocycles. The zero-order chi connectivity index (χ0) is 18.6. The maximum atomic E-state index is 13.1. The minimum absolute atomic E-state index is 0.0125. The number of amides is 1. The fourth-order valence-corrected chi connectivity index (χ4v) is 3.49. The van der Waals surface area contributed by atoms with Gasteiger partial charge in [0, 0.05) is 51.2 Å². The lowest BCUT2D eigenvalue weighted by Gasteiger charge is -2.36. The van der Waals surface area contributed by atoms with Gasteiger partial charge in [-0.2, -0.15) is 0 Å². The first-order chi connectivity index (χ1) is 13.2. The minimum atomic E-state index is -0.215. The summed E-state index contributed by atoms with van der Waals surface area (Å²) in [5.74, 6) is 0.680. The van der Waals surface area contributed by atoms with Gasteiger partial charge in [-0.05, 0) is 36.4 Å². The van der Waals surface area contributed by atoms with Crippen LogP contribution in [0.5, 0.6) is 0 Å². The van der Waals surface area contributed by atoms with Gasteiger partial charge in [-0.15, -0.1) is 0 Å². The Bertz CT molecular complexity index is 768. The summed E-state index contributed by atoms with van der Waals surface area (Å²) in [6, 6.07) is 10.4. The molecule has 7 heteroatoms. The summed E-state index contributed by atoms with van der Waals surface area (Å²) >= 11 is 0. The number of hydrogen-bond acceptors (Lipinski definition) is 5. The highest BCUT2D eigenvalue weighted by Gasteiger charge is 2.21. The van der Waals surface area contributed by atoms with Crippen molar-refractivity contribution in [1.82, 2.24) is 9.88 Å². The molecule has 2 fully saturated rings. The summed E-state index contributed by atoms with van der Waals surface area (Å²) in [7, 11) is 0. The summed E-state index contributed by atoms with van der Waals surface area (Å²) in [5, 5.41) is 0. The Labute approximate surface area is 158 Å². The first-order valence-electron chi connectivity index (χ1n) is 9.29. The third kappa shape index (κ3) is 4.03. The molecule has 0 bridgehead atoms. The second-order valence-corrected chi connectivity index (χ2v) is 6.76. The third-order valence-electron chi connectivity index (χ3n) is 5.09. The summed E-state index contributed by atoms with van der Waals surface area (Å²) in [6.07, 6.45) is 1.67. The number of morpholine rings is 1. The van der Waals surface area contributed by atoms with E-state index >= 15 is 0 Å². The number of hydrogen-bond donors (Lipinski definition) is 0. The Balaban J connectivity index is 1.36. The van der Waals surface area contributed by atoms with Gasteiger partial charge in [0.2, 0.25) is 0 Å². The van der Waals surface area contributed by atoms with Crippen molar-refractivity contribution in [2.75, 3.05) is 62.3 Å². The van der Waals surface area contributed by atoms with Gasteiger partial charge >= 0.3 is 0 Å². The fraction of sp³-hybridized carbons (Fsp3) is 0.400. The molecule has 0 N–H and O–H groups in total. The molecular weight excluding hydrogens is 347 g/mol. The van der Waals surface area contributed by atoms with Crippen LogP contribution in [0.4, 0.5) is 15.9 Å². The first-order valence-corrected chi connectivity index (χ1v) is 9.29. The van der Waals surface area contributed by atoms with E-state index in [4.69, 9.17) is 4.74 Å². The average Bonchev–Trinajstić information content (AvgIpc) is 2.75. The van der Waals surface area contributed by atoms with Gasteiger partial charge in [-0.1, -0.05) is 0 Å². The van der Waals surface area contributed by atoms with Gasteiger partial charge in [0.05, 0.1) is 18.8 Å². The highest BCUT2D eigenvalue weighted by Crippen LogP contribution is 2.20. The number of carbonyl (C=O) groups is 1. The van der Waals surface area contributed by atoms with Crippen molar-refractivity contribution in [3.63, 3.8) is 0 Å². The van der Waals surface area contributed by atoms with Crippen LogP contribution in [-0.2, 0) is 4.74 Å². The molecule has 0 aliphatic carbocycles. The predicted octanol–water partition coefficient (Wildman–Crippen LogP) is 2.02. The van der Waals surface area contributed by atoms with Crippen molar-refractivity contribution >= 4 is 17.4 Å². The largest absolute Gasteiger partial charge is 0.378 e. The van der Waals surface area contributed by atoms with Crippen molar-refractivity contribution in [3.05, 3.63) is 54.0 Å². The van der Waals surface area contributed by atoms with Crippen molar-refractivity contribution < 1.29 is 13.9 Å². The topological polar surface area (TPSA) is 48.9 Å². The van der Waals surface area contributed by atoms with E-state index in [1.54, 1.807) is 6.20 Å². The van der Waals surface area contributed by atoms with Crippen molar-refractivity contribution in [2.45, 2.75) is 0 Å². The molecule has 2 aromatic rings. The molecule has 27 heavy (non-hydrogen) atoms. The highest BCUT2D eigenvalue weighted by molar-refractivity contribution is 5.94. The number of anilines is 2. The Kier molecular flexibility index (Phi) is 5.20. The molecule has 2 aliphatic rings. The van der Waals surface area contributed by atoms with Crippen LogP contribution in [0.15, 0.2) is 42.6 Å². The van der Waals surface area contributed by atoms with E-state index in [9.17, 15) is 9.18 Å². The summed E-state index contributed by atoms with van der Waals surface area (Å²) < 4.78 is 18.4. The molecule has 0 radical (unpaired) electrons. The van der Waals surface area contributed by atoms with Crippen LogP contribution in [0, 0.1) is 5.82 Å². The van der Waals surface area contributed by atoms with Gasteiger partial charge in [0.15, 0.2) is 0 Å². The Morgan fingerprint density at radius 1 is 0.889 bits per heavy atom. The van der Waals surface area contributed by atoms with Crippen molar-refractivity contribution in [1.29, 1.82) is 0 Å². The van der Waals surface area contributed by atoms with E-state index in [2.05, 4.69) is 14.8 Å². The van der Waals surface area contributed by atoms with E-state index in [0.29, 0.717) is 31.9 Å². The van der Waals surface area contributed by atoms with Crippen LogP contribution in [0.3, 0.4) is 0 Å². The van der Waals surface area contributed by atoms with Gasteiger partial charge < -0.3 is 19.4 Å². The number of rotatable bonds is 3. The monoisotopic (exact) mass is 370 g/mol. The predicted molar refractivity (Wildman–Crippen MR) is 102 cm³/mol. The van der Waals surface area contributed by atoms with Crippen LogP contribution < -0.4 is 9.80 Å². The third-order valence-corrected chi connectivity index (χ3v) is 5.09. The maximum Gasteiger partial charge on any atom is 0.255 e. The van der Waals surface area contributed by atoms with Crippen LogP contribution in [0.1, 0.15) is 10.4 Å². The number of ether oxygens (including phenoxy) is 1. The molecule has 0 atom stereocenters. The molecule has 142 valence electrons. The summed E-state index contributed by atoms with van der Waals surface area (Å²) in [4.78, 5) is 23.3. The number of nitrogens with zero attached hydrogens (tertiary/aromatic N) is 4. The normalized spacial score (nSPS) is 17.9. The van der Waals surface area contributed by atoms with E-state index in [1.165, 1.54) is 12.1 Å². The lowest BCUT2D eigenvalue weighted by atomic mass is 10.2. The zero-order valence-electron chi connectivity index (χ0n) is 15.2. The van der Waals surface area contributed by atoms with Crippen LogP contribution in [0.2, 0.25) is 0 Å². The number of aromatic nitrogens is 1. The van der Waals surface area contributed by atoms with Gasteiger partial charge in [0.25, 0.3) is 5.91 Å². The number of halogens is 1. The Morgan fingerprint density at radius 3 is 2.19 bits per heavy atom. The number of carbonyl (C=O) groups excluding carboxylic acids is 1. The number of pyridine rings is 1. The molecule has 1 aromatic carbocycles. The molecule has 3 heterocycles. The van der Waals surface area contributed by atoms with E-state index < -0.39 is 0 Å². The lowest BCUT2D eigenvalue weighted by Crippen LogP contribution is -2.46. The summed E-state index contributed by atoms with van der Waals surface area (Å²) in [6.45, 7) is 5.81. The van der Waals surface area contributed by atoms with E-state index in [1.807, 2.05) is 29.2 Å². The van der Waals surface area contributed by atoms with E-state index in [0.717, 1.165) is 37.7 Å². The van der Waals surface area contributed by atoms with Crippen LogP contribution >= 0.6 is 0 Å². The van der Waals surface area contributed by atoms with Gasteiger partial charge in [0.1, 0.15) is 11.6 Å². The Morgan fingerprint density at radius 2 is 1.56 bits per heavy atom. The molecule has 1 amide bonds. The van der Waals surface area contributed by atoms with Crippen molar-refractivity contribution in [2.24, 2.45) is 0 Å². The summed E-state index contributed by atoms with van der Waals surface area (Å²) in [5.41, 5.74) is 1.65. The lowest BCUT2D eigenvalue weighted by molar-refractivity contribution is 0.0302. The molecule has 2 aliphatic heterocycles.